The van der Waals surface area contributed by atoms with Crippen molar-refractivity contribution in [2.24, 2.45) is 5.92 Å². The number of nitrogens with zero attached hydrogens (tertiary/aromatic N) is 1. The molecular formula is C26H33N3O4. The summed E-state index contributed by atoms with van der Waals surface area (Å²) in [6.45, 7) is 3.20. The van der Waals surface area contributed by atoms with Gasteiger partial charge < -0.3 is 25.0 Å². The van der Waals surface area contributed by atoms with E-state index in [1.807, 2.05) is 19.1 Å². The summed E-state index contributed by atoms with van der Waals surface area (Å²) in [5, 5.41) is 5.63. The third kappa shape index (κ3) is 5.24. The Morgan fingerprint density at radius 3 is 2.61 bits per heavy atom. The first kappa shape index (κ1) is 23.0. The van der Waals surface area contributed by atoms with Crippen LogP contribution in [0.25, 0.3) is 0 Å². The van der Waals surface area contributed by atoms with Crippen LogP contribution in [-0.4, -0.2) is 43.1 Å². The van der Waals surface area contributed by atoms with Gasteiger partial charge in [0.1, 0.15) is 11.5 Å². The van der Waals surface area contributed by atoms with Gasteiger partial charge in [-0.2, -0.15) is 0 Å². The number of methoxy groups -OCH3 is 1. The van der Waals surface area contributed by atoms with E-state index in [4.69, 9.17) is 9.47 Å². The number of benzene rings is 2. The van der Waals surface area contributed by atoms with Crippen LogP contribution in [0.5, 0.6) is 11.5 Å². The number of piperidine rings is 1. The molecule has 7 heteroatoms. The van der Waals surface area contributed by atoms with Crippen molar-refractivity contribution in [3.05, 3.63) is 48.0 Å². The Morgan fingerprint density at radius 1 is 1.00 bits per heavy atom. The van der Waals surface area contributed by atoms with Gasteiger partial charge in [-0.1, -0.05) is 25.0 Å². The maximum Gasteiger partial charge on any atom is 0.323 e. The summed E-state index contributed by atoms with van der Waals surface area (Å²) in [7, 11) is 1.55. The Labute approximate surface area is 195 Å². The fraction of sp³-hybridized carbons (Fsp3) is 0.462. The molecule has 1 heterocycles. The number of likely N-dealkylation sites (tertiary alicyclic amines) is 1. The quantitative estimate of drug-likeness (QED) is 0.605. The molecule has 0 bridgehead atoms. The van der Waals surface area contributed by atoms with Crippen molar-refractivity contribution < 1.29 is 19.1 Å². The Balaban J connectivity index is 1.46. The topological polar surface area (TPSA) is 79.9 Å². The molecule has 2 aromatic carbocycles. The Morgan fingerprint density at radius 2 is 1.79 bits per heavy atom. The number of fused-ring (bicyclic) bond motifs is 1. The van der Waals surface area contributed by atoms with E-state index < -0.39 is 6.03 Å². The largest absolute Gasteiger partial charge is 0.496 e. The number of nitrogens with one attached hydrogen (secondary N) is 2. The maximum atomic E-state index is 13.4. The van der Waals surface area contributed by atoms with Gasteiger partial charge in [-0.25, -0.2) is 4.79 Å². The summed E-state index contributed by atoms with van der Waals surface area (Å²) in [6, 6.07) is 12.4. The van der Waals surface area contributed by atoms with Crippen LogP contribution < -0.4 is 20.1 Å². The minimum absolute atomic E-state index is 0.0186. The van der Waals surface area contributed by atoms with Crippen molar-refractivity contribution in [1.82, 2.24) is 4.90 Å². The van der Waals surface area contributed by atoms with Crippen molar-refractivity contribution in [1.29, 1.82) is 0 Å². The second kappa shape index (κ2) is 10.6. The van der Waals surface area contributed by atoms with Crippen molar-refractivity contribution in [2.45, 2.75) is 51.5 Å². The Hall–Kier alpha value is -3.22. The lowest BCUT2D eigenvalue weighted by Gasteiger charge is -2.44. The summed E-state index contributed by atoms with van der Waals surface area (Å²) in [5.74, 6) is 1.71. The molecule has 2 N–H and O–H groups in total. The number of amides is 3. The van der Waals surface area contributed by atoms with Gasteiger partial charge in [0, 0.05) is 24.3 Å². The first-order valence-corrected chi connectivity index (χ1v) is 11.9. The van der Waals surface area contributed by atoms with Crippen LogP contribution in [0.1, 0.15) is 55.8 Å². The van der Waals surface area contributed by atoms with Gasteiger partial charge in [-0.15, -0.1) is 0 Å². The van der Waals surface area contributed by atoms with Crippen LogP contribution in [0.4, 0.5) is 16.2 Å². The number of hydrogen-bond acceptors (Lipinski definition) is 4. The highest BCUT2D eigenvalue weighted by Crippen LogP contribution is 2.37. The molecular weight excluding hydrogens is 418 g/mol. The van der Waals surface area contributed by atoms with E-state index in [1.165, 1.54) is 25.7 Å². The molecule has 0 unspecified atom stereocenters. The van der Waals surface area contributed by atoms with Gasteiger partial charge in [0.05, 0.1) is 25.0 Å². The molecule has 3 amide bonds. The van der Waals surface area contributed by atoms with Crippen molar-refractivity contribution in [3.8, 4) is 11.5 Å². The zero-order valence-corrected chi connectivity index (χ0v) is 19.4. The third-order valence-electron chi connectivity index (χ3n) is 6.63. The number of carbonyl (C=O) groups excluding carboxylic acids is 2. The SMILES string of the molecule is CCOc1ccccc1NC(=O)Nc1ccc(C(=O)N2CCC[C@H]3CCCC[C@H]32)c(OC)c1. The lowest BCUT2D eigenvalue weighted by atomic mass is 9.78. The van der Waals surface area contributed by atoms with Gasteiger partial charge in [0.25, 0.3) is 5.91 Å². The molecule has 2 aliphatic rings. The fourth-order valence-electron chi connectivity index (χ4n) is 5.11. The van der Waals surface area contributed by atoms with Crippen LogP contribution >= 0.6 is 0 Å². The van der Waals surface area contributed by atoms with Crippen LogP contribution in [0.15, 0.2) is 42.5 Å². The minimum atomic E-state index is -0.399. The van der Waals surface area contributed by atoms with Crippen molar-refractivity contribution in [2.75, 3.05) is 30.9 Å². The molecule has 2 atom stereocenters. The van der Waals surface area contributed by atoms with E-state index in [2.05, 4.69) is 15.5 Å². The second-order valence-electron chi connectivity index (χ2n) is 8.68. The van der Waals surface area contributed by atoms with E-state index in [0.29, 0.717) is 47.0 Å². The number of hydrogen-bond donors (Lipinski definition) is 2. The van der Waals surface area contributed by atoms with Crippen LogP contribution in [0.3, 0.4) is 0 Å². The number of rotatable bonds is 6. The summed E-state index contributed by atoms with van der Waals surface area (Å²) >= 11 is 0. The van der Waals surface area contributed by atoms with Gasteiger partial charge >= 0.3 is 6.03 Å². The third-order valence-corrected chi connectivity index (χ3v) is 6.63. The second-order valence-corrected chi connectivity index (χ2v) is 8.68. The molecule has 1 aliphatic carbocycles. The molecule has 2 fully saturated rings. The van der Waals surface area contributed by atoms with Gasteiger partial charge in [0.15, 0.2) is 0 Å². The molecule has 33 heavy (non-hydrogen) atoms. The van der Waals surface area contributed by atoms with Gasteiger partial charge in [-0.05, 0) is 62.8 Å². The molecule has 4 rings (SSSR count). The molecule has 7 nitrogen and oxygen atoms in total. The lowest BCUT2D eigenvalue weighted by Crippen LogP contribution is -2.49. The fourth-order valence-corrected chi connectivity index (χ4v) is 5.11. The molecule has 0 radical (unpaired) electrons. The van der Waals surface area contributed by atoms with E-state index in [1.54, 1.807) is 37.4 Å². The van der Waals surface area contributed by atoms with E-state index in [9.17, 15) is 9.59 Å². The Kier molecular flexibility index (Phi) is 7.37. The smallest absolute Gasteiger partial charge is 0.323 e. The first-order chi connectivity index (χ1) is 16.1. The number of urea groups is 1. The van der Waals surface area contributed by atoms with E-state index >= 15 is 0 Å². The monoisotopic (exact) mass is 451 g/mol. The van der Waals surface area contributed by atoms with Crippen LogP contribution in [-0.2, 0) is 0 Å². The molecule has 176 valence electrons. The normalized spacial score (nSPS) is 19.9. The lowest BCUT2D eigenvalue weighted by molar-refractivity contribution is 0.0388. The summed E-state index contributed by atoms with van der Waals surface area (Å²) in [6.07, 6.45) is 7.03. The molecule has 1 saturated heterocycles. The molecule has 2 aromatic rings. The first-order valence-electron chi connectivity index (χ1n) is 11.9. The summed E-state index contributed by atoms with van der Waals surface area (Å²) < 4.78 is 11.1. The number of anilines is 2. The van der Waals surface area contributed by atoms with Gasteiger partial charge in [0.2, 0.25) is 0 Å². The van der Waals surface area contributed by atoms with Crippen molar-refractivity contribution in [3.63, 3.8) is 0 Å². The zero-order valence-electron chi connectivity index (χ0n) is 19.4. The number of para-hydroxylation sites is 2. The highest BCUT2D eigenvalue weighted by molar-refractivity contribution is 6.02. The van der Waals surface area contributed by atoms with E-state index in [0.717, 1.165) is 19.4 Å². The Bertz CT molecular complexity index is 991. The summed E-state index contributed by atoms with van der Waals surface area (Å²) in [5.41, 5.74) is 1.67. The van der Waals surface area contributed by atoms with Crippen molar-refractivity contribution >= 4 is 23.3 Å². The number of ether oxygens (including phenoxy) is 2. The predicted molar refractivity (Wildman–Crippen MR) is 129 cm³/mol. The average Bonchev–Trinajstić information content (AvgIpc) is 2.84. The zero-order chi connectivity index (χ0) is 23.2. The average molecular weight is 452 g/mol. The standard InChI is InChI=1S/C26H33N3O4/c1-3-33-23-13-7-5-11-21(23)28-26(31)27-19-14-15-20(24(17-19)32-2)25(30)29-16-8-10-18-9-4-6-12-22(18)29/h5,7,11,13-15,17-18,22H,3-4,6,8-10,12,16H2,1-2H3,(H2,27,28,31)/t18-,22-/m1/s1. The maximum absolute atomic E-state index is 13.4. The molecule has 0 spiro atoms. The number of carbonyl (C=O) groups is 2. The highest BCUT2D eigenvalue weighted by Gasteiger charge is 2.36. The molecule has 1 saturated carbocycles. The van der Waals surface area contributed by atoms with Crippen LogP contribution in [0, 0.1) is 5.92 Å². The van der Waals surface area contributed by atoms with Gasteiger partial charge in [-0.3, -0.25) is 4.79 Å². The predicted octanol–water partition coefficient (Wildman–Crippen LogP) is 5.53. The molecule has 0 aromatic heterocycles. The summed E-state index contributed by atoms with van der Waals surface area (Å²) in [4.78, 5) is 28.1. The molecule has 1 aliphatic heterocycles. The van der Waals surface area contributed by atoms with Crippen LogP contribution in [0.2, 0.25) is 0 Å². The van der Waals surface area contributed by atoms with E-state index in [-0.39, 0.29) is 5.91 Å². The highest BCUT2D eigenvalue weighted by atomic mass is 16.5. The minimum Gasteiger partial charge on any atom is -0.496 e.